The van der Waals surface area contributed by atoms with E-state index >= 15 is 0 Å². The molecule has 5 rings (SSSR count). The molecule has 172 valence electrons. The van der Waals surface area contributed by atoms with Gasteiger partial charge in [-0.1, -0.05) is 27.2 Å². The molecule has 0 aromatic carbocycles. The van der Waals surface area contributed by atoms with Crippen LogP contribution in [0.15, 0.2) is 6.33 Å². The summed E-state index contributed by atoms with van der Waals surface area (Å²) in [6.45, 7) is 11.5. The summed E-state index contributed by atoms with van der Waals surface area (Å²) in [5.74, 6) is 6.15. The fourth-order valence-corrected chi connectivity index (χ4v) is 8.89. The van der Waals surface area contributed by atoms with Gasteiger partial charge < -0.3 is 5.11 Å². The molecule has 6 nitrogen and oxygen atoms in total. The van der Waals surface area contributed by atoms with E-state index in [1.165, 1.54) is 25.7 Å². The lowest BCUT2D eigenvalue weighted by Crippen LogP contribution is -2.50. The molecule has 0 unspecified atom stereocenters. The highest BCUT2D eigenvalue weighted by Gasteiger charge is 2.73. The molecule has 0 bridgehead atoms. The predicted molar refractivity (Wildman–Crippen MR) is 118 cm³/mol. The zero-order chi connectivity index (χ0) is 22.1. The van der Waals surface area contributed by atoms with Crippen LogP contribution in [0.1, 0.15) is 73.1 Å². The fraction of sp³-hybridized carbons (Fsp3) is 0.920. The van der Waals surface area contributed by atoms with Crippen LogP contribution in [0.25, 0.3) is 0 Å². The van der Waals surface area contributed by atoms with Crippen LogP contribution in [-0.4, -0.2) is 36.7 Å². The van der Waals surface area contributed by atoms with Gasteiger partial charge >= 0.3 is 0 Å². The summed E-state index contributed by atoms with van der Waals surface area (Å²) < 4.78 is 1.60. The Hall–Kier alpha value is -1.30. The van der Waals surface area contributed by atoms with Crippen molar-refractivity contribution in [3.8, 4) is 0 Å². The molecule has 4 aliphatic carbocycles. The lowest BCUT2D eigenvalue weighted by atomic mass is 9.49. The Morgan fingerprint density at radius 1 is 1.19 bits per heavy atom. The van der Waals surface area contributed by atoms with Crippen molar-refractivity contribution < 1.29 is 9.90 Å². The molecule has 4 aliphatic rings. The van der Waals surface area contributed by atoms with Gasteiger partial charge in [0.1, 0.15) is 12.9 Å². The lowest BCUT2D eigenvalue weighted by Gasteiger charge is -2.56. The number of ketones is 1. The highest BCUT2D eigenvalue weighted by Crippen LogP contribution is 2.76. The van der Waals surface area contributed by atoms with Crippen molar-refractivity contribution in [1.82, 2.24) is 20.2 Å². The minimum atomic E-state index is -0.576. The number of carbonyl (C=O) groups excluding carboxylic acids is 1. The second-order valence-electron chi connectivity index (χ2n) is 12.4. The van der Waals surface area contributed by atoms with E-state index in [0.717, 1.165) is 42.4 Å². The normalized spacial score (nSPS) is 46.2. The molecular weight excluding hydrogens is 388 g/mol. The smallest absolute Gasteiger partial charge is 0.158 e. The van der Waals surface area contributed by atoms with Crippen molar-refractivity contribution in [3.63, 3.8) is 0 Å². The van der Waals surface area contributed by atoms with Gasteiger partial charge in [-0.15, -0.1) is 5.10 Å². The first-order chi connectivity index (χ1) is 14.6. The minimum absolute atomic E-state index is 0.134. The largest absolute Gasteiger partial charge is 0.390 e. The molecule has 1 N–H and O–H groups in total. The Kier molecular flexibility index (Phi) is 5.11. The SMILES string of the molecule is C[C@H]1[C@@H]2[C@H]1[C@H](C(=O)Cn1cnnn1)[C@@]1(C)CC[C@H]3[C@@H](CC[C@H](C)[C@@H]3CCC(C)(C)O)[C@H]21. The van der Waals surface area contributed by atoms with Crippen LogP contribution < -0.4 is 0 Å². The summed E-state index contributed by atoms with van der Waals surface area (Å²) in [7, 11) is 0. The number of hydrogen-bond acceptors (Lipinski definition) is 5. The van der Waals surface area contributed by atoms with Crippen LogP contribution in [0, 0.1) is 58.7 Å². The first-order valence-electron chi connectivity index (χ1n) is 12.6. The van der Waals surface area contributed by atoms with Crippen LogP contribution in [-0.2, 0) is 11.3 Å². The van der Waals surface area contributed by atoms with Crippen molar-refractivity contribution in [3.05, 3.63) is 6.33 Å². The van der Waals surface area contributed by atoms with Crippen LogP contribution in [0.3, 0.4) is 0 Å². The van der Waals surface area contributed by atoms with Gasteiger partial charge in [-0.05, 0) is 109 Å². The molecule has 10 atom stereocenters. The number of Topliss-reactive ketones (excluding diaryl/α,β-unsaturated/α-hetero) is 1. The molecule has 4 saturated carbocycles. The lowest BCUT2D eigenvalue weighted by molar-refractivity contribution is -0.134. The topological polar surface area (TPSA) is 80.9 Å². The Labute approximate surface area is 186 Å². The number of aromatic nitrogens is 4. The molecule has 0 aliphatic heterocycles. The maximum Gasteiger partial charge on any atom is 0.158 e. The van der Waals surface area contributed by atoms with Gasteiger partial charge in [0.2, 0.25) is 0 Å². The number of aliphatic hydroxyl groups is 1. The highest BCUT2D eigenvalue weighted by atomic mass is 16.3. The number of carbonyl (C=O) groups is 1. The van der Waals surface area contributed by atoms with E-state index in [9.17, 15) is 9.90 Å². The van der Waals surface area contributed by atoms with Crippen molar-refractivity contribution in [1.29, 1.82) is 0 Å². The molecular formula is C25H40N4O2. The van der Waals surface area contributed by atoms with Crippen molar-refractivity contribution >= 4 is 5.78 Å². The highest BCUT2D eigenvalue weighted by molar-refractivity contribution is 5.83. The Balaban J connectivity index is 1.38. The van der Waals surface area contributed by atoms with Gasteiger partial charge in [-0.2, -0.15) is 0 Å². The Bertz CT molecular complexity index is 818. The summed E-state index contributed by atoms with van der Waals surface area (Å²) >= 11 is 0. The standard InChI is InChI=1S/C25H40N4O2/c1-14-6-7-18-17(16(14)8-10-24(3,4)31)9-11-25(5)22(18)20-15(2)21(20)23(25)19(30)12-29-13-26-27-28-29/h13-18,20-23,31H,6-12H2,1-5H3/t14-,15-,16-,17+,18+,20+,21-,22+,23-,25-/m0/s1. The number of nitrogens with zero attached hydrogens (tertiary/aromatic N) is 4. The first kappa shape index (κ1) is 21.5. The number of hydrogen-bond donors (Lipinski definition) is 1. The van der Waals surface area contributed by atoms with E-state index in [1.807, 2.05) is 13.8 Å². The quantitative estimate of drug-likeness (QED) is 0.741. The average molecular weight is 429 g/mol. The third kappa shape index (κ3) is 3.48. The van der Waals surface area contributed by atoms with E-state index < -0.39 is 5.60 Å². The summed E-state index contributed by atoms with van der Waals surface area (Å²) in [4.78, 5) is 13.5. The molecule has 31 heavy (non-hydrogen) atoms. The van der Waals surface area contributed by atoms with E-state index in [-0.39, 0.29) is 11.3 Å². The molecule has 6 heteroatoms. The van der Waals surface area contributed by atoms with E-state index in [4.69, 9.17) is 0 Å². The second kappa shape index (κ2) is 7.36. The van der Waals surface area contributed by atoms with Gasteiger partial charge in [-0.3, -0.25) is 4.79 Å². The molecule has 1 aromatic heterocycles. The monoisotopic (exact) mass is 428 g/mol. The fourth-order valence-electron chi connectivity index (χ4n) is 8.89. The molecule has 0 amide bonds. The predicted octanol–water partition coefficient (Wildman–Crippen LogP) is 4.00. The van der Waals surface area contributed by atoms with Crippen LogP contribution in [0.5, 0.6) is 0 Å². The molecule has 1 aromatic rings. The molecule has 0 saturated heterocycles. The van der Waals surface area contributed by atoms with Crippen molar-refractivity contribution in [2.75, 3.05) is 0 Å². The Morgan fingerprint density at radius 2 is 1.97 bits per heavy atom. The summed E-state index contributed by atoms with van der Waals surface area (Å²) in [6.07, 6.45) is 8.65. The number of fused-ring (bicyclic) bond motifs is 5. The maximum absolute atomic E-state index is 13.5. The third-order valence-corrected chi connectivity index (χ3v) is 10.2. The van der Waals surface area contributed by atoms with Gasteiger partial charge in [-0.25, -0.2) is 4.68 Å². The number of rotatable bonds is 6. The number of tetrazole rings is 1. The van der Waals surface area contributed by atoms with Gasteiger partial charge in [0.05, 0.1) is 5.60 Å². The summed E-state index contributed by atoms with van der Waals surface area (Å²) in [5, 5.41) is 21.7. The van der Waals surface area contributed by atoms with E-state index in [2.05, 4.69) is 36.3 Å². The second-order valence-corrected chi connectivity index (χ2v) is 12.4. The molecule has 4 fully saturated rings. The van der Waals surface area contributed by atoms with Crippen LogP contribution in [0.4, 0.5) is 0 Å². The maximum atomic E-state index is 13.5. The molecule has 0 radical (unpaired) electrons. The van der Waals surface area contributed by atoms with Crippen LogP contribution in [0.2, 0.25) is 0 Å². The summed E-state index contributed by atoms with van der Waals surface area (Å²) in [6, 6.07) is 0. The van der Waals surface area contributed by atoms with E-state index in [1.54, 1.807) is 11.0 Å². The van der Waals surface area contributed by atoms with Gasteiger partial charge in [0, 0.05) is 5.92 Å². The average Bonchev–Trinajstić information content (AvgIpc) is 3.05. The summed E-state index contributed by atoms with van der Waals surface area (Å²) in [5.41, 5.74) is -0.442. The van der Waals surface area contributed by atoms with Crippen molar-refractivity contribution in [2.24, 2.45) is 58.7 Å². The van der Waals surface area contributed by atoms with Gasteiger partial charge in [0.15, 0.2) is 5.78 Å². The van der Waals surface area contributed by atoms with Crippen molar-refractivity contribution in [2.45, 2.75) is 85.3 Å². The van der Waals surface area contributed by atoms with E-state index in [0.29, 0.717) is 30.1 Å². The first-order valence-corrected chi connectivity index (χ1v) is 12.6. The third-order valence-electron chi connectivity index (χ3n) is 10.2. The molecule has 1 heterocycles. The zero-order valence-corrected chi connectivity index (χ0v) is 19.9. The zero-order valence-electron chi connectivity index (χ0n) is 19.9. The Morgan fingerprint density at radius 3 is 2.65 bits per heavy atom. The van der Waals surface area contributed by atoms with Crippen LogP contribution >= 0.6 is 0 Å². The minimum Gasteiger partial charge on any atom is -0.390 e. The molecule has 0 spiro atoms. The van der Waals surface area contributed by atoms with Gasteiger partial charge in [0.25, 0.3) is 0 Å².